The van der Waals surface area contributed by atoms with E-state index in [2.05, 4.69) is 4.98 Å². The molecule has 1 aromatic carbocycles. The number of anilines is 2. The molecule has 0 aliphatic rings. The zero-order valence-electron chi connectivity index (χ0n) is 12.6. The van der Waals surface area contributed by atoms with Crippen molar-refractivity contribution < 1.29 is 4.79 Å². The van der Waals surface area contributed by atoms with Crippen LogP contribution in [0.2, 0.25) is 0 Å². The fourth-order valence-electron chi connectivity index (χ4n) is 2.12. The quantitative estimate of drug-likeness (QED) is 0.872. The van der Waals surface area contributed by atoms with E-state index in [9.17, 15) is 4.79 Å². The summed E-state index contributed by atoms with van der Waals surface area (Å²) >= 11 is 0. The summed E-state index contributed by atoms with van der Waals surface area (Å²) in [4.78, 5) is 19.7. The molecule has 0 aliphatic heterocycles. The van der Waals surface area contributed by atoms with Gasteiger partial charge in [0.25, 0.3) is 5.91 Å². The Labute approximate surface area is 125 Å². The number of nitrogen functional groups attached to an aromatic ring is 1. The molecule has 0 unspecified atom stereocenters. The predicted octanol–water partition coefficient (Wildman–Crippen LogP) is 2.00. The number of carbonyl (C=O) groups excluding carboxylic acids is 1. The van der Waals surface area contributed by atoms with Crippen molar-refractivity contribution in [3.8, 4) is 0 Å². The molecule has 2 N–H and O–H groups in total. The number of pyridine rings is 1. The Hall–Kier alpha value is -2.56. The first-order valence-corrected chi connectivity index (χ1v) is 6.70. The standard InChI is InChI=1S/C16H20N4O/c1-19(2)16(21)13-6-7-14(17)15(9-13)20(3)11-12-5-4-8-18-10-12/h4-10H,11,17H2,1-3H3. The van der Waals surface area contributed by atoms with Crippen LogP contribution in [0.5, 0.6) is 0 Å². The highest BCUT2D eigenvalue weighted by atomic mass is 16.2. The molecular formula is C16H20N4O. The molecule has 1 aromatic heterocycles. The Balaban J connectivity index is 2.26. The van der Waals surface area contributed by atoms with Crippen molar-refractivity contribution >= 4 is 17.3 Å². The van der Waals surface area contributed by atoms with E-state index >= 15 is 0 Å². The number of benzene rings is 1. The van der Waals surface area contributed by atoms with Crippen molar-refractivity contribution in [1.82, 2.24) is 9.88 Å². The normalized spacial score (nSPS) is 10.2. The molecule has 0 atom stereocenters. The van der Waals surface area contributed by atoms with Gasteiger partial charge < -0.3 is 15.5 Å². The third kappa shape index (κ3) is 3.51. The number of amides is 1. The number of carbonyl (C=O) groups is 1. The first-order valence-electron chi connectivity index (χ1n) is 6.70. The van der Waals surface area contributed by atoms with Gasteiger partial charge in [-0.3, -0.25) is 9.78 Å². The van der Waals surface area contributed by atoms with Crippen molar-refractivity contribution in [2.75, 3.05) is 31.8 Å². The van der Waals surface area contributed by atoms with Gasteiger partial charge in [0.2, 0.25) is 0 Å². The minimum atomic E-state index is -0.0361. The zero-order chi connectivity index (χ0) is 15.4. The molecule has 0 saturated carbocycles. The Bertz CT molecular complexity index is 625. The molecule has 1 heterocycles. The molecule has 5 nitrogen and oxygen atoms in total. The lowest BCUT2D eigenvalue weighted by Crippen LogP contribution is -2.23. The smallest absolute Gasteiger partial charge is 0.253 e. The first kappa shape index (κ1) is 14.8. The lowest BCUT2D eigenvalue weighted by molar-refractivity contribution is 0.0827. The van der Waals surface area contributed by atoms with Gasteiger partial charge in [0.1, 0.15) is 0 Å². The zero-order valence-corrected chi connectivity index (χ0v) is 12.6. The van der Waals surface area contributed by atoms with E-state index in [0.717, 1.165) is 11.3 Å². The van der Waals surface area contributed by atoms with Crippen LogP contribution >= 0.6 is 0 Å². The minimum absolute atomic E-state index is 0.0361. The van der Waals surface area contributed by atoms with E-state index in [-0.39, 0.29) is 5.91 Å². The Morgan fingerprint density at radius 3 is 2.62 bits per heavy atom. The fraction of sp³-hybridized carbons (Fsp3) is 0.250. The van der Waals surface area contributed by atoms with Gasteiger partial charge in [-0.1, -0.05) is 6.07 Å². The topological polar surface area (TPSA) is 62.5 Å². The maximum atomic E-state index is 12.0. The Morgan fingerprint density at radius 2 is 2.00 bits per heavy atom. The van der Waals surface area contributed by atoms with Crippen LogP contribution in [0.25, 0.3) is 0 Å². The van der Waals surface area contributed by atoms with Crippen molar-refractivity contribution in [2.24, 2.45) is 0 Å². The predicted molar refractivity (Wildman–Crippen MR) is 85.2 cm³/mol. The number of rotatable bonds is 4. The number of nitrogens with two attached hydrogens (primary N) is 1. The van der Waals surface area contributed by atoms with Gasteiger partial charge >= 0.3 is 0 Å². The van der Waals surface area contributed by atoms with Gasteiger partial charge in [-0.25, -0.2) is 0 Å². The van der Waals surface area contributed by atoms with Crippen LogP contribution in [0.15, 0.2) is 42.7 Å². The summed E-state index contributed by atoms with van der Waals surface area (Å²) in [5.74, 6) is -0.0361. The average Bonchev–Trinajstić information content (AvgIpc) is 2.47. The summed E-state index contributed by atoms with van der Waals surface area (Å²) in [6, 6.07) is 9.26. The summed E-state index contributed by atoms with van der Waals surface area (Å²) in [6.07, 6.45) is 3.57. The van der Waals surface area contributed by atoms with Crippen LogP contribution in [0.4, 0.5) is 11.4 Å². The highest BCUT2D eigenvalue weighted by Crippen LogP contribution is 2.25. The highest BCUT2D eigenvalue weighted by molar-refractivity contribution is 5.96. The van der Waals surface area contributed by atoms with E-state index in [0.29, 0.717) is 17.8 Å². The van der Waals surface area contributed by atoms with Crippen LogP contribution in [0.1, 0.15) is 15.9 Å². The minimum Gasteiger partial charge on any atom is -0.397 e. The molecule has 110 valence electrons. The van der Waals surface area contributed by atoms with Gasteiger partial charge in [-0.2, -0.15) is 0 Å². The molecule has 0 radical (unpaired) electrons. The van der Waals surface area contributed by atoms with E-state index in [1.807, 2.05) is 36.3 Å². The van der Waals surface area contributed by atoms with Crippen molar-refractivity contribution in [3.63, 3.8) is 0 Å². The van der Waals surface area contributed by atoms with Crippen molar-refractivity contribution in [2.45, 2.75) is 6.54 Å². The summed E-state index contributed by atoms with van der Waals surface area (Å²) in [5, 5.41) is 0. The van der Waals surface area contributed by atoms with Crippen LogP contribution in [0.3, 0.4) is 0 Å². The van der Waals surface area contributed by atoms with Crippen molar-refractivity contribution in [1.29, 1.82) is 0 Å². The molecule has 0 spiro atoms. The lowest BCUT2D eigenvalue weighted by atomic mass is 10.1. The van der Waals surface area contributed by atoms with Gasteiger partial charge in [-0.05, 0) is 29.8 Å². The average molecular weight is 284 g/mol. The van der Waals surface area contributed by atoms with Crippen molar-refractivity contribution in [3.05, 3.63) is 53.9 Å². The van der Waals surface area contributed by atoms with Gasteiger partial charge in [0.05, 0.1) is 11.4 Å². The van der Waals surface area contributed by atoms with E-state index in [1.165, 1.54) is 0 Å². The fourth-order valence-corrected chi connectivity index (χ4v) is 2.12. The number of hydrogen-bond donors (Lipinski definition) is 1. The van der Waals surface area contributed by atoms with E-state index in [1.54, 1.807) is 37.3 Å². The molecule has 2 rings (SSSR count). The van der Waals surface area contributed by atoms with E-state index in [4.69, 9.17) is 5.73 Å². The monoisotopic (exact) mass is 284 g/mol. The molecule has 0 aliphatic carbocycles. The van der Waals surface area contributed by atoms with Crippen LogP contribution in [0, 0.1) is 0 Å². The second kappa shape index (κ2) is 6.26. The van der Waals surface area contributed by atoms with Gasteiger partial charge in [-0.15, -0.1) is 0 Å². The second-order valence-electron chi connectivity index (χ2n) is 5.19. The number of nitrogens with zero attached hydrogens (tertiary/aromatic N) is 3. The van der Waals surface area contributed by atoms with Gasteiger partial charge in [0, 0.05) is 45.6 Å². The highest BCUT2D eigenvalue weighted by Gasteiger charge is 2.13. The van der Waals surface area contributed by atoms with Crippen LogP contribution in [-0.4, -0.2) is 36.9 Å². The molecule has 1 amide bonds. The largest absolute Gasteiger partial charge is 0.397 e. The lowest BCUT2D eigenvalue weighted by Gasteiger charge is -2.22. The molecular weight excluding hydrogens is 264 g/mol. The summed E-state index contributed by atoms with van der Waals surface area (Å²) in [6.45, 7) is 0.678. The maximum Gasteiger partial charge on any atom is 0.253 e. The van der Waals surface area contributed by atoms with Crippen LogP contribution in [-0.2, 0) is 6.54 Å². The third-order valence-electron chi connectivity index (χ3n) is 3.24. The first-order chi connectivity index (χ1) is 9.99. The molecule has 2 aromatic rings. The SMILES string of the molecule is CN(C)C(=O)c1ccc(N)c(N(C)Cc2cccnc2)c1. The number of hydrogen-bond acceptors (Lipinski definition) is 4. The summed E-state index contributed by atoms with van der Waals surface area (Å²) < 4.78 is 0. The Morgan fingerprint density at radius 1 is 1.24 bits per heavy atom. The summed E-state index contributed by atoms with van der Waals surface area (Å²) in [7, 11) is 5.41. The summed E-state index contributed by atoms with van der Waals surface area (Å²) in [5.41, 5.74) is 9.24. The molecule has 0 fully saturated rings. The molecule has 5 heteroatoms. The second-order valence-corrected chi connectivity index (χ2v) is 5.19. The molecule has 0 saturated heterocycles. The number of aromatic nitrogens is 1. The van der Waals surface area contributed by atoms with E-state index < -0.39 is 0 Å². The maximum absolute atomic E-state index is 12.0. The Kier molecular flexibility index (Phi) is 4.42. The molecule has 21 heavy (non-hydrogen) atoms. The molecule has 0 bridgehead atoms. The third-order valence-corrected chi connectivity index (χ3v) is 3.24. The van der Waals surface area contributed by atoms with Gasteiger partial charge in [0.15, 0.2) is 0 Å². The van der Waals surface area contributed by atoms with Crippen LogP contribution < -0.4 is 10.6 Å².